The van der Waals surface area contributed by atoms with Gasteiger partial charge >= 0.3 is 0 Å². The summed E-state index contributed by atoms with van der Waals surface area (Å²) in [5.41, 5.74) is 9.14. The maximum atomic E-state index is 9.64. The fraction of sp³-hybridized carbons (Fsp3) is 0.176. The number of rotatable bonds is 2. The molecule has 0 radical (unpaired) electrons. The second-order valence-electron chi connectivity index (χ2n) is 5.19. The van der Waals surface area contributed by atoms with Gasteiger partial charge in [-0.15, -0.1) is 0 Å². The first kappa shape index (κ1) is 14.0. The van der Waals surface area contributed by atoms with Crippen LogP contribution in [0.15, 0.2) is 42.6 Å². The van der Waals surface area contributed by atoms with Crippen LogP contribution in [0.3, 0.4) is 0 Å². The molecule has 0 amide bonds. The average Bonchev–Trinajstić information content (AvgIpc) is 2.55. The van der Waals surface area contributed by atoms with Gasteiger partial charge < -0.3 is 15.7 Å². The highest BCUT2D eigenvalue weighted by Crippen LogP contribution is 2.30. The summed E-state index contributed by atoms with van der Waals surface area (Å²) in [5.74, 6) is 0.509. The van der Waals surface area contributed by atoms with Crippen molar-refractivity contribution in [1.29, 1.82) is 5.26 Å². The predicted molar refractivity (Wildman–Crippen MR) is 86.3 cm³/mol. The van der Waals surface area contributed by atoms with Gasteiger partial charge in [-0.2, -0.15) is 5.26 Å². The first-order valence-electron chi connectivity index (χ1n) is 7.07. The van der Waals surface area contributed by atoms with Crippen LogP contribution in [0.2, 0.25) is 0 Å². The van der Waals surface area contributed by atoms with E-state index in [1.54, 1.807) is 18.3 Å². The molecule has 22 heavy (non-hydrogen) atoms. The Labute approximate surface area is 128 Å². The fourth-order valence-corrected chi connectivity index (χ4v) is 2.71. The maximum Gasteiger partial charge on any atom is 0.143 e. The minimum atomic E-state index is 0.251. The van der Waals surface area contributed by atoms with Crippen LogP contribution < -0.4 is 10.6 Å². The SMILES string of the molecule is N#Cc1c(N2CCC=C(c3cccc(O)c3)C2)ccnc1N. The molecule has 0 atom stereocenters. The van der Waals surface area contributed by atoms with E-state index in [9.17, 15) is 10.4 Å². The summed E-state index contributed by atoms with van der Waals surface area (Å²) in [5, 5.41) is 18.9. The van der Waals surface area contributed by atoms with Gasteiger partial charge in [0.15, 0.2) is 0 Å². The van der Waals surface area contributed by atoms with Crippen LogP contribution in [0.25, 0.3) is 5.57 Å². The summed E-state index contributed by atoms with van der Waals surface area (Å²) in [6.07, 6.45) is 4.66. The van der Waals surface area contributed by atoms with Gasteiger partial charge in [0.25, 0.3) is 0 Å². The minimum Gasteiger partial charge on any atom is -0.508 e. The van der Waals surface area contributed by atoms with Crippen molar-refractivity contribution < 1.29 is 5.11 Å². The van der Waals surface area contributed by atoms with Gasteiger partial charge in [-0.05, 0) is 35.8 Å². The van der Waals surface area contributed by atoms with Gasteiger partial charge in [-0.1, -0.05) is 18.2 Å². The van der Waals surface area contributed by atoms with Crippen molar-refractivity contribution in [2.24, 2.45) is 0 Å². The maximum absolute atomic E-state index is 9.64. The topological polar surface area (TPSA) is 86.2 Å². The number of aromatic hydroxyl groups is 1. The van der Waals surface area contributed by atoms with Crippen molar-refractivity contribution in [3.05, 3.63) is 53.7 Å². The summed E-state index contributed by atoms with van der Waals surface area (Å²) in [6.45, 7) is 1.49. The third-order valence-corrected chi connectivity index (χ3v) is 3.78. The molecule has 3 rings (SSSR count). The Morgan fingerprint density at radius 2 is 2.18 bits per heavy atom. The van der Waals surface area contributed by atoms with E-state index in [1.165, 1.54) is 0 Å². The van der Waals surface area contributed by atoms with E-state index in [0.29, 0.717) is 12.1 Å². The number of nitrogen functional groups attached to an aromatic ring is 1. The third-order valence-electron chi connectivity index (χ3n) is 3.78. The summed E-state index contributed by atoms with van der Waals surface area (Å²) >= 11 is 0. The zero-order valence-corrected chi connectivity index (χ0v) is 12.0. The lowest BCUT2D eigenvalue weighted by Crippen LogP contribution is -2.30. The molecule has 0 aliphatic carbocycles. The lowest BCUT2D eigenvalue weighted by atomic mass is 10.00. The number of pyridine rings is 1. The molecule has 0 spiro atoms. The number of hydrogen-bond acceptors (Lipinski definition) is 5. The molecule has 5 nitrogen and oxygen atoms in total. The molecule has 5 heteroatoms. The van der Waals surface area contributed by atoms with E-state index in [1.807, 2.05) is 18.2 Å². The molecule has 110 valence electrons. The number of anilines is 2. The molecular weight excluding hydrogens is 276 g/mol. The molecule has 0 unspecified atom stereocenters. The van der Waals surface area contributed by atoms with Crippen molar-refractivity contribution in [2.75, 3.05) is 23.7 Å². The molecule has 0 saturated heterocycles. The van der Waals surface area contributed by atoms with Crippen LogP contribution in [0.4, 0.5) is 11.5 Å². The number of nitriles is 1. The Bertz CT molecular complexity index is 776. The predicted octanol–water partition coefficient (Wildman–Crippen LogP) is 2.53. The summed E-state index contributed by atoms with van der Waals surface area (Å²) in [4.78, 5) is 6.10. The molecule has 0 bridgehead atoms. The van der Waals surface area contributed by atoms with E-state index in [0.717, 1.165) is 29.8 Å². The number of nitrogens with two attached hydrogens (primary N) is 1. The smallest absolute Gasteiger partial charge is 0.143 e. The van der Waals surface area contributed by atoms with Crippen molar-refractivity contribution in [2.45, 2.75) is 6.42 Å². The molecule has 0 saturated carbocycles. The van der Waals surface area contributed by atoms with Crippen molar-refractivity contribution in [1.82, 2.24) is 4.98 Å². The zero-order valence-electron chi connectivity index (χ0n) is 12.0. The van der Waals surface area contributed by atoms with E-state index >= 15 is 0 Å². The Kier molecular flexibility index (Phi) is 3.67. The molecule has 0 fully saturated rings. The highest BCUT2D eigenvalue weighted by Gasteiger charge is 2.19. The van der Waals surface area contributed by atoms with Crippen LogP contribution in [-0.4, -0.2) is 23.2 Å². The van der Waals surface area contributed by atoms with Gasteiger partial charge in [0.2, 0.25) is 0 Å². The lowest BCUT2D eigenvalue weighted by Gasteiger charge is -2.30. The second kappa shape index (κ2) is 5.78. The Morgan fingerprint density at radius 1 is 1.32 bits per heavy atom. The Morgan fingerprint density at radius 3 is 2.95 bits per heavy atom. The molecule has 1 aliphatic rings. The molecule has 2 heterocycles. The highest BCUT2D eigenvalue weighted by atomic mass is 16.3. The molecule has 1 aromatic carbocycles. The van der Waals surface area contributed by atoms with Crippen molar-refractivity contribution in [3.63, 3.8) is 0 Å². The fourth-order valence-electron chi connectivity index (χ4n) is 2.71. The van der Waals surface area contributed by atoms with Crippen molar-refractivity contribution in [3.8, 4) is 11.8 Å². The van der Waals surface area contributed by atoms with Crippen LogP contribution in [-0.2, 0) is 0 Å². The van der Waals surface area contributed by atoms with Crippen LogP contribution >= 0.6 is 0 Å². The van der Waals surface area contributed by atoms with Crippen LogP contribution in [0.1, 0.15) is 17.5 Å². The minimum absolute atomic E-state index is 0.251. The third kappa shape index (κ3) is 2.59. The van der Waals surface area contributed by atoms with Crippen LogP contribution in [0, 0.1) is 11.3 Å². The molecule has 2 aromatic rings. The standard InChI is InChI=1S/C17H16N4O/c18-10-15-16(6-7-20-17(15)19)21-8-2-4-13(11-21)12-3-1-5-14(22)9-12/h1,3-7,9,22H,2,8,11H2,(H2,19,20). The summed E-state index contributed by atoms with van der Waals surface area (Å²) < 4.78 is 0. The Balaban J connectivity index is 1.92. The highest BCUT2D eigenvalue weighted by molar-refractivity contribution is 5.75. The van der Waals surface area contributed by atoms with Gasteiger partial charge in [-0.3, -0.25) is 0 Å². The van der Waals surface area contributed by atoms with Crippen molar-refractivity contribution >= 4 is 17.1 Å². The number of phenols is 1. The summed E-state index contributed by atoms with van der Waals surface area (Å²) in [7, 11) is 0. The van der Waals surface area contributed by atoms with E-state index in [-0.39, 0.29) is 11.6 Å². The van der Waals surface area contributed by atoms with Gasteiger partial charge in [0.05, 0.1) is 5.69 Å². The first-order chi connectivity index (χ1) is 10.7. The number of aromatic nitrogens is 1. The van der Waals surface area contributed by atoms with Gasteiger partial charge in [-0.25, -0.2) is 4.98 Å². The second-order valence-corrected chi connectivity index (χ2v) is 5.19. The van der Waals surface area contributed by atoms with E-state index < -0.39 is 0 Å². The molecular formula is C17H16N4O. The normalized spacial score (nSPS) is 14.3. The van der Waals surface area contributed by atoms with Gasteiger partial charge in [0, 0.05) is 19.3 Å². The molecule has 3 N–H and O–H groups in total. The van der Waals surface area contributed by atoms with E-state index in [4.69, 9.17) is 5.73 Å². The number of benzene rings is 1. The number of nitrogens with zero attached hydrogens (tertiary/aromatic N) is 3. The van der Waals surface area contributed by atoms with Crippen LogP contribution in [0.5, 0.6) is 5.75 Å². The van der Waals surface area contributed by atoms with Gasteiger partial charge in [0.1, 0.15) is 23.2 Å². The average molecular weight is 292 g/mol. The van der Waals surface area contributed by atoms with E-state index in [2.05, 4.69) is 22.0 Å². The first-order valence-corrected chi connectivity index (χ1v) is 7.07. The zero-order chi connectivity index (χ0) is 15.5. The number of hydrogen-bond donors (Lipinski definition) is 2. The Hall–Kier alpha value is -3.00. The largest absolute Gasteiger partial charge is 0.508 e. The summed E-state index contributed by atoms with van der Waals surface area (Å²) in [6, 6.07) is 11.2. The monoisotopic (exact) mass is 292 g/mol. The number of phenolic OH excluding ortho intramolecular Hbond substituents is 1. The quantitative estimate of drug-likeness (QED) is 0.888. The molecule has 1 aliphatic heterocycles. The lowest BCUT2D eigenvalue weighted by molar-refractivity contribution is 0.475. The molecule has 1 aromatic heterocycles.